The van der Waals surface area contributed by atoms with Gasteiger partial charge in [0.05, 0.1) is 0 Å². The Kier molecular flexibility index (Phi) is 2.93. The molecule has 112 valence electrons. The molecule has 0 fully saturated rings. The minimum atomic E-state index is 0.0597. The van der Waals surface area contributed by atoms with E-state index < -0.39 is 0 Å². The lowest BCUT2D eigenvalue weighted by Gasteiger charge is -2.33. The summed E-state index contributed by atoms with van der Waals surface area (Å²) in [5.74, 6) is 0. The molecule has 2 aromatic rings. The molecule has 0 bridgehead atoms. The Morgan fingerprint density at radius 3 is 2.73 bits per heavy atom. The topological polar surface area (TPSA) is 31.2 Å². The molecule has 0 N–H and O–H groups in total. The summed E-state index contributed by atoms with van der Waals surface area (Å²) in [6.07, 6.45) is 0. The molecule has 0 aliphatic carbocycles. The average Bonchev–Trinajstić information content (AvgIpc) is 2.88. The summed E-state index contributed by atoms with van der Waals surface area (Å²) in [5.41, 5.74) is 6.49. The highest BCUT2D eigenvalue weighted by Crippen LogP contribution is 2.47. The minimum absolute atomic E-state index is 0.0597. The van der Waals surface area contributed by atoms with Crippen LogP contribution in [-0.2, 0) is 6.54 Å². The second kappa shape index (κ2) is 4.83. The van der Waals surface area contributed by atoms with Gasteiger partial charge in [-0.2, -0.15) is 5.11 Å². The van der Waals surface area contributed by atoms with Gasteiger partial charge in [0.25, 0.3) is 0 Å². The van der Waals surface area contributed by atoms with E-state index in [4.69, 9.17) is 0 Å². The molecule has 0 saturated carbocycles. The van der Waals surface area contributed by atoms with Crippen molar-refractivity contribution in [3.63, 3.8) is 0 Å². The lowest BCUT2D eigenvalue weighted by atomic mass is 9.87. The van der Waals surface area contributed by atoms with Gasteiger partial charge in [-0.1, -0.05) is 41.6 Å². The fourth-order valence-corrected chi connectivity index (χ4v) is 3.61. The molecule has 4 rings (SSSR count). The van der Waals surface area contributed by atoms with E-state index in [1.165, 1.54) is 27.9 Å². The second-order valence-electron chi connectivity index (χ2n) is 6.29. The van der Waals surface area contributed by atoms with Crippen LogP contribution in [0.15, 0.2) is 52.8 Å². The summed E-state index contributed by atoms with van der Waals surface area (Å²) >= 11 is 0. The van der Waals surface area contributed by atoms with Crippen LogP contribution in [-0.4, -0.2) is 19.1 Å². The van der Waals surface area contributed by atoms with E-state index in [9.17, 15) is 0 Å². The van der Waals surface area contributed by atoms with Crippen LogP contribution in [0.2, 0.25) is 0 Å². The number of nitrogens with zero attached hydrogens (tertiary/aromatic N) is 4. The Bertz CT molecular complexity index is 753. The molecule has 2 aliphatic rings. The van der Waals surface area contributed by atoms with Gasteiger partial charge in [0.2, 0.25) is 0 Å². The third-order valence-electron chi connectivity index (χ3n) is 4.72. The van der Waals surface area contributed by atoms with Gasteiger partial charge in [-0.25, -0.2) is 0 Å². The molecule has 2 unspecified atom stereocenters. The quantitative estimate of drug-likeness (QED) is 0.734. The van der Waals surface area contributed by atoms with E-state index in [2.05, 4.69) is 71.7 Å². The largest absolute Gasteiger partial charge is 0.370 e. The van der Waals surface area contributed by atoms with Crippen molar-refractivity contribution in [3.8, 4) is 0 Å². The summed E-state index contributed by atoms with van der Waals surface area (Å²) in [5, 5.41) is 10.9. The summed E-state index contributed by atoms with van der Waals surface area (Å²) in [6.45, 7) is 3.05. The highest BCUT2D eigenvalue weighted by Gasteiger charge is 2.37. The minimum Gasteiger partial charge on any atom is -0.370 e. The van der Waals surface area contributed by atoms with Gasteiger partial charge < -0.3 is 4.90 Å². The third kappa shape index (κ3) is 1.90. The van der Waals surface area contributed by atoms with Gasteiger partial charge in [-0.3, -0.25) is 5.01 Å². The van der Waals surface area contributed by atoms with Gasteiger partial charge in [0.15, 0.2) is 0 Å². The van der Waals surface area contributed by atoms with Crippen molar-refractivity contribution in [3.05, 3.63) is 64.7 Å². The molecule has 2 aromatic carbocycles. The molecular weight excluding hydrogens is 272 g/mol. The first-order chi connectivity index (χ1) is 10.6. The molecule has 2 atom stereocenters. The van der Waals surface area contributed by atoms with Gasteiger partial charge in [-0.05, 0) is 29.7 Å². The monoisotopic (exact) mass is 292 g/mol. The number of aryl methyl sites for hydroxylation is 1. The molecule has 0 saturated heterocycles. The lowest BCUT2D eigenvalue weighted by molar-refractivity contribution is 0.272. The standard InChI is InChI=1S/C18H20N4/c1-12-8-9-15-16(10-12)21(2)11-13-6-4-5-7-14(13)18-17(15)19-20-22(18)3/h4-10,17-18H,11H2,1-3H3. The Balaban J connectivity index is 1.94. The second-order valence-corrected chi connectivity index (χ2v) is 6.29. The van der Waals surface area contributed by atoms with E-state index in [0.29, 0.717) is 0 Å². The van der Waals surface area contributed by atoms with Crippen molar-refractivity contribution in [1.29, 1.82) is 0 Å². The summed E-state index contributed by atoms with van der Waals surface area (Å²) in [4.78, 5) is 2.32. The van der Waals surface area contributed by atoms with E-state index in [1.54, 1.807) is 0 Å². The van der Waals surface area contributed by atoms with Gasteiger partial charge in [-0.15, -0.1) is 0 Å². The number of hydrogen-bond donors (Lipinski definition) is 0. The maximum absolute atomic E-state index is 4.57. The maximum Gasteiger partial charge on any atom is 0.126 e. The van der Waals surface area contributed by atoms with Crippen LogP contribution in [0.25, 0.3) is 0 Å². The van der Waals surface area contributed by atoms with Crippen LogP contribution in [0.4, 0.5) is 5.69 Å². The molecule has 0 spiro atoms. The third-order valence-corrected chi connectivity index (χ3v) is 4.72. The number of hydrogen-bond acceptors (Lipinski definition) is 4. The zero-order valence-electron chi connectivity index (χ0n) is 13.2. The van der Waals surface area contributed by atoms with Gasteiger partial charge in [0, 0.05) is 31.9 Å². The molecule has 2 aliphatic heterocycles. The summed E-state index contributed by atoms with van der Waals surface area (Å²) in [6, 6.07) is 15.5. The smallest absolute Gasteiger partial charge is 0.126 e. The fraction of sp³-hybridized carbons (Fsp3) is 0.333. The van der Waals surface area contributed by atoms with Gasteiger partial charge in [0.1, 0.15) is 12.1 Å². The summed E-state index contributed by atoms with van der Waals surface area (Å²) < 4.78 is 0. The van der Waals surface area contributed by atoms with Crippen LogP contribution in [0, 0.1) is 6.92 Å². The molecular formula is C18H20N4. The van der Waals surface area contributed by atoms with Crippen molar-refractivity contribution in [1.82, 2.24) is 5.01 Å². The van der Waals surface area contributed by atoms with Crippen LogP contribution >= 0.6 is 0 Å². The number of benzene rings is 2. The Morgan fingerprint density at radius 1 is 1.05 bits per heavy atom. The first-order valence-corrected chi connectivity index (χ1v) is 7.68. The molecule has 22 heavy (non-hydrogen) atoms. The Labute approximate surface area is 131 Å². The van der Waals surface area contributed by atoms with Crippen LogP contribution in [0.3, 0.4) is 0 Å². The number of anilines is 1. The average molecular weight is 292 g/mol. The molecule has 4 heteroatoms. The molecule has 2 heterocycles. The molecule has 0 radical (unpaired) electrons. The molecule has 4 nitrogen and oxygen atoms in total. The fourth-order valence-electron chi connectivity index (χ4n) is 3.61. The van der Waals surface area contributed by atoms with Crippen LogP contribution in [0.5, 0.6) is 0 Å². The predicted octanol–water partition coefficient (Wildman–Crippen LogP) is 4.04. The Hall–Kier alpha value is -2.36. The lowest BCUT2D eigenvalue weighted by Crippen LogP contribution is -2.28. The first kappa shape index (κ1) is 13.3. The molecule has 0 amide bonds. The van der Waals surface area contributed by atoms with Crippen molar-refractivity contribution in [2.24, 2.45) is 10.3 Å². The zero-order valence-corrected chi connectivity index (χ0v) is 13.2. The summed E-state index contributed by atoms with van der Waals surface area (Å²) in [7, 11) is 4.18. The Morgan fingerprint density at radius 2 is 1.86 bits per heavy atom. The van der Waals surface area contributed by atoms with Crippen molar-refractivity contribution >= 4 is 5.69 Å². The van der Waals surface area contributed by atoms with E-state index in [-0.39, 0.29) is 12.1 Å². The number of rotatable bonds is 0. The van der Waals surface area contributed by atoms with E-state index >= 15 is 0 Å². The highest BCUT2D eigenvalue weighted by atomic mass is 15.6. The van der Waals surface area contributed by atoms with Crippen molar-refractivity contribution < 1.29 is 0 Å². The van der Waals surface area contributed by atoms with Gasteiger partial charge >= 0.3 is 0 Å². The SMILES string of the molecule is Cc1ccc2c(c1)N(C)Cc1ccccc1C1C2N=NN1C. The van der Waals surface area contributed by atoms with Crippen molar-refractivity contribution in [2.75, 3.05) is 19.0 Å². The zero-order chi connectivity index (χ0) is 15.3. The predicted molar refractivity (Wildman–Crippen MR) is 87.8 cm³/mol. The maximum atomic E-state index is 4.57. The van der Waals surface area contributed by atoms with Crippen LogP contribution < -0.4 is 4.90 Å². The van der Waals surface area contributed by atoms with E-state index in [0.717, 1.165) is 6.54 Å². The van der Waals surface area contributed by atoms with Crippen molar-refractivity contribution in [2.45, 2.75) is 25.6 Å². The van der Waals surface area contributed by atoms with Crippen LogP contribution in [0.1, 0.15) is 34.3 Å². The molecule has 0 aromatic heterocycles. The number of likely N-dealkylation sites (N-methyl/N-ethyl adjacent to an activating group) is 1. The number of fused-ring (bicyclic) bond motifs is 5. The normalized spacial score (nSPS) is 22.7. The van der Waals surface area contributed by atoms with E-state index in [1.807, 2.05) is 12.1 Å². The first-order valence-electron chi connectivity index (χ1n) is 7.68. The highest BCUT2D eigenvalue weighted by molar-refractivity contribution is 5.59.